The van der Waals surface area contributed by atoms with Crippen molar-refractivity contribution in [2.24, 2.45) is 0 Å². The quantitative estimate of drug-likeness (QED) is 0.683. The van der Waals surface area contributed by atoms with E-state index in [9.17, 15) is 0 Å². The molecular weight excluding hydrogens is 222 g/mol. The van der Waals surface area contributed by atoms with Gasteiger partial charge in [0.25, 0.3) is 0 Å². The Labute approximate surface area is 87.1 Å². The van der Waals surface area contributed by atoms with Crippen molar-refractivity contribution >= 4 is 34.8 Å². The Kier molecular flexibility index (Phi) is 4.41. The summed E-state index contributed by atoms with van der Waals surface area (Å²) in [7, 11) is 0. The van der Waals surface area contributed by atoms with Crippen molar-refractivity contribution in [2.75, 3.05) is 13.2 Å². The van der Waals surface area contributed by atoms with E-state index in [0.29, 0.717) is 12.8 Å². The average molecular weight is 234 g/mol. The van der Waals surface area contributed by atoms with Gasteiger partial charge < -0.3 is 9.47 Å². The first-order valence-corrected chi connectivity index (χ1v) is 5.01. The van der Waals surface area contributed by atoms with E-state index in [4.69, 9.17) is 44.3 Å². The third kappa shape index (κ3) is 4.73. The summed E-state index contributed by atoms with van der Waals surface area (Å²) in [6.45, 7) is 1.48. The third-order valence-electron chi connectivity index (χ3n) is 1.56. The predicted molar refractivity (Wildman–Crippen MR) is 49.8 cm³/mol. The molecule has 0 spiro atoms. The maximum atomic E-state index is 5.57. The lowest BCUT2D eigenvalue weighted by Gasteiger charge is -2.24. The Balaban J connectivity index is 2.13. The van der Waals surface area contributed by atoms with Gasteiger partial charge in [-0.1, -0.05) is 34.8 Å². The van der Waals surface area contributed by atoms with Crippen LogP contribution in [0.15, 0.2) is 0 Å². The number of hydrogen-bond donors (Lipinski definition) is 0. The number of halogens is 3. The molecule has 0 aliphatic carbocycles. The smallest absolute Gasteiger partial charge is 0.190 e. The first kappa shape index (κ1) is 10.9. The Hall–Kier alpha value is 0.790. The highest BCUT2D eigenvalue weighted by Crippen LogP contribution is 2.32. The summed E-state index contributed by atoms with van der Waals surface area (Å²) >= 11 is 16.7. The summed E-state index contributed by atoms with van der Waals surface area (Å²) in [6, 6.07) is 0. The van der Waals surface area contributed by atoms with Gasteiger partial charge in [0.2, 0.25) is 0 Å². The highest BCUT2D eigenvalue weighted by atomic mass is 35.6. The molecule has 0 N–H and O–H groups in total. The van der Waals surface area contributed by atoms with E-state index in [-0.39, 0.29) is 6.29 Å². The van der Waals surface area contributed by atoms with Crippen molar-refractivity contribution in [3.8, 4) is 0 Å². The minimum Gasteiger partial charge on any atom is -0.353 e. The van der Waals surface area contributed by atoms with E-state index in [1.165, 1.54) is 0 Å². The first-order chi connectivity index (χ1) is 5.58. The van der Waals surface area contributed by atoms with Gasteiger partial charge in [0, 0.05) is 6.42 Å². The largest absolute Gasteiger partial charge is 0.353 e. The Morgan fingerprint density at radius 2 is 1.75 bits per heavy atom. The molecule has 0 bridgehead atoms. The van der Waals surface area contributed by atoms with Gasteiger partial charge in [0.1, 0.15) is 0 Å². The monoisotopic (exact) mass is 232 g/mol. The van der Waals surface area contributed by atoms with Crippen LogP contribution in [0.3, 0.4) is 0 Å². The SMILES string of the molecule is ClC(Cl)(Cl)CCC1OCCCO1. The molecule has 1 fully saturated rings. The molecule has 1 rings (SSSR count). The molecule has 0 aromatic carbocycles. The van der Waals surface area contributed by atoms with E-state index < -0.39 is 3.79 Å². The number of ether oxygens (including phenoxy) is 2. The summed E-state index contributed by atoms with van der Waals surface area (Å²) < 4.78 is 9.36. The van der Waals surface area contributed by atoms with E-state index >= 15 is 0 Å². The average Bonchev–Trinajstić information content (AvgIpc) is 2.02. The topological polar surface area (TPSA) is 18.5 Å². The van der Waals surface area contributed by atoms with Gasteiger partial charge in [0.15, 0.2) is 10.1 Å². The molecule has 1 heterocycles. The lowest BCUT2D eigenvalue weighted by atomic mass is 10.3. The van der Waals surface area contributed by atoms with Crippen LogP contribution in [0.1, 0.15) is 19.3 Å². The minimum atomic E-state index is -1.19. The second kappa shape index (κ2) is 4.87. The molecule has 1 aliphatic heterocycles. The molecule has 0 aromatic rings. The zero-order valence-corrected chi connectivity index (χ0v) is 8.83. The highest BCUT2D eigenvalue weighted by Gasteiger charge is 2.23. The fourth-order valence-corrected chi connectivity index (χ4v) is 1.31. The van der Waals surface area contributed by atoms with Gasteiger partial charge in [-0.05, 0) is 12.8 Å². The zero-order chi connectivity index (χ0) is 9.03. The van der Waals surface area contributed by atoms with Crippen LogP contribution in [0.4, 0.5) is 0 Å². The van der Waals surface area contributed by atoms with Crippen LogP contribution < -0.4 is 0 Å². The van der Waals surface area contributed by atoms with Crippen LogP contribution in [-0.4, -0.2) is 23.3 Å². The number of hydrogen-bond acceptors (Lipinski definition) is 2. The van der Waals surface area contributed by atoms with Crippen molar-refractivity contribution in [3.05, 3.63) is 0 Å². The Bertz CT molecular complexity index is 129. The predicted octanol–water partition coefficient (Wildman–Crippen LogP) is 2.90. The number of rotatable bonds is 2. The molecule has 5 heteroatoms. The summed E-state index contributed by atoms with van der Waals surface area (Å²) in [5.74, 6) is 0. The van der Waals surface area contributed by atoms with E-state index in [1.54, 1.807) is 0 Å². The zero-order valence-electron chi connectivity index (χ0n) is 6.56. The van der Waals surface area contributed by atoms with Crippen LogP contribution in [0.2, 0.25) is 0 Å². The lowest BCUT2D eigenvalue weighted by molar-refractivity contribution is -0.181. The minimum absolute atomic E-state index is 0.186. The lowest BCUT2D eigenvalue weighted by Crippen LogP contribution is -2.25. The van der Waals surface area contributed by atoms with Crippen molar-refractivity contribution in [3.63, 3.8) is 0 Å². The fourth-order valence-electron chi connectivity index (χ4n) is 0.985. The van der Waals surface area contributed by atoms with E-state index in [2.05, 4.69) is 0 Å². The summed E-state index contributed by atoms with van der Waals surface area (Å²) in [5.41, 5.74) is 0. The normalized spacial score (nSPS) is 21.2. The summed E-state index contributed by atoms with van der Waals surface area (Å²) in [4.78, 5) is 0. The molecule has 1 saturated heterocycles. The molecule has 0 aromatic heterocycles. The molecule has 2 nitrogen and oxygen atoms in total. The molecule has 0 saturated carbocycles. The van der Waals surface area contributed by atoms with Gasteiger partial charge in [-0.2, -0.15) is 0 Å². The number of alkyl halides is 3. The van der Waals surface area contributed by atoms with Crippen LogP contribution in [-0.2, 0) is 9.47 Å². The highest BCUT2D eigenvalue weighted by molar-refractivity contribution is 6.67. The van der Waals surface area contributed by atoms with Crippen molar-refractivity contribution < 1.29 is 9.47 Å². The van der Waals surface area contributed by atoms with Crippen LogP contribution >= 0.6 is 34.8 Å². The molecule has 1 aliphatic rings. The molecule has 0 amide bonds. The van der Waals surface area contributed by atoms with Crippen LogP contribution in [0.5, 0.6) is 0 Å². The van der Waals surface area contributed by atoms with Gasteiger partial charge >= 0.3 is 0 Å². The molecule has 0 atom stereocenters. The third-order valence-corrected chi connectivity index (χ3v) is 2.13. The van der Waals surface area contributed by atoms with Gasteiger partial charge in [-0.25, -0.2) is 0 Å². The molecule has 12 heavy (non-hydrogen) atoms. The second-order valence-corrected chi connectivity index (χ2v) is 5.19. The van der Waals surface area contributed by atoms with Crippen LogP contribution in [0.25, 0.3) is 0 Å². The molecule has 0 unspecified atom stereocenters. The summed E-state index contributed by atoms with van der Waals surface area (Å²) in [5, 5.41) is 0. The molecule has 0 radical (unpaired) electrons. The van der Waals surface area contributed by atoms with Crippen molar-refractivity contribution in [1.82, 2.24) is 0 Å². The molecule has 72 valence electrons. The van der Waals surface area contributed by atoms with Gasteiger partial charge in [0.05, 0.1) is 13.2 Å². The Morgan fingerprint density at radius 1 is 1.17 bits per heavy atom. The fraction of sp³-hybridized carbons (Fsp3) is 1.00. The van der Waals surface area contributed by atoms with Crippen molar-refractivity contribution in [1.29, 1.82) is 0 Å². The standard InChI is InChI=1S/C7H11Cl3O2/c8-7(9,10)3-2-6-11-4-1-5-12-6/h6H,1-5H2. The Morgan fingerprint density at radius 3 is 2.25 bits per heavy atom. The first-order valence-electron chi connectivity index (χ1n) is 3.88. The van der Waals surface area contributed by atoms with E-state index in [0.717, 1.165) is 19.6 Å². The van der Waals surface area contributed by atoms with Crippen molar-refractivity contribution in [2.45, 2.75) is 29.3 Å². The van der Waals surface area contributed by atoms with Gasteiger partial charge in [-0.3, -0.25) is 0 Å². The van der Waals surface area contributed by atoms with Crippen LogP contribution in [0, 0.1) is 0 Å². The maximum Gasteiger partial charge on any atom is 0.190 e. The van der Waals surface area contributed by atoms with Gasteiger partial charge in [-0.15, -0.1) is 0 Å². The molecular formula is C7H11Cl3O2. The second-order valence-electron chi connectivity index (χ2n) is 2.68. The summed E-state index contributed by atoms with van der Waals surface area (Å²) in [6.07, 6.45) is 1.86. The maximum absolute atomic E-state index is 5.57. The van der Waals surface area contributed by atoms with E-state index in [1.807, 2.05) is 0 Å².